The third-order valence-electron chi connectivity index (χ3n) is 4.66. The lowest BCUT2D eigenvalue weighted by Gasteiger charge is -2.45. The molecule has 0 aromatic heterocycles. The van der Waals surface area contributed by atoms with Gasteiger partial charge in [0, 0.05) is 12.1 Å². The van der Waals surface area contributed by atoms with Gasteiger partial charge in [0.2, 0.25) is 0 Å². The van der Waals surface area contributed by atoms with E-state index in [0.29, 0.717) is 0 Å². The molecule has 1 aliphatic rings. The Bertz CT molecular complexity index is 207. The molecule has 1 atom stereocenters. The van der Waals surface area contributed by atoms with Crippen LogP contribution in [0.2, 0.25) is 0 Å². The van der Waals surface area contributed by atoms with Gasteiger partial charge in [0.25, 0.3) is 0 Å². The molecule has 1 aliphatic heterocycles. The molecule has 1 unspecified atom stereocenters. The topological polar surface area (TPSA) is 29.3 Å². The predicted octanol–water partition coefficient (Wildman–Crippen LogP) is 3.26. The fraction of sp³-hybridized carbons (Fsp3) is 1.00. The summed E-state index contributed by atoms with van der Waals surface area (Å²) in [7, 11) is 0. The van der Waals surface area contributed by atoms with Crippen molar-refractivity contribution >= 4 is 0 Å². The maximum atomic E-state index is 6.05. The van der Waals surface area contributed by atoms with Gasteiger partial charge in [0.05, 0.1) is 0 Å². The maximum absolute atomic E-state index is 6.05. The summed E-state index contributed by atoms with van der Waals surface area (Å²) in [6.45, 7) is 12.6. The first-order valence-corrected chi connectivity index (χ1v) is 7.47. The van der Waals surface area contributed by atoms with Crippen LogP contribution in [0.25, 0.3) is 0 Å². The molecule has 0 aromatic rings. The standard InChI is InChI=1S/C15H32N2/c1-5-14-7-10-17(11-8-14)15(4,12-16)9-6-13(2)3/h13-14H,5-12,16H2,1-4H3. The molecule has 0 amide bonds. The van der Waals surface area contributed by atoms with Crippen LogP contribution >= 0.6 is 0 Å². The van der Waals surface area contributed by atoms with Crippen molar-refractivity contribution < 1.29 is 0 Å². The Balaban J connectivity index is 2.49. The van der Waals surface area contributed by atoms with E-state index >= 15 is 0 Å². The molecule has 1 saturated heterocycles. The molecule has 0 aromatic carbocycles. The van der Waals surface area contributed by atoms with Crippen LogP contribution in [0.1, 0.15) is 59.8 Å². The lowest BCUT2D eigenvalue weighted by Crippen LogP contribution is -2.54. The van der Waals surface area contributed by atoms with Gasteiger partial charge < -0.3 is 5.73 Å². The van der Waals surface area contributed by atoms with Crippen LogP contribution in [0.3, 0.4) is 0 Å². The van der Waals surface area contributed by atoms with E-state index in [4.69, 9.17) is 5.73 Å². The fourth-order valence-electron chi connectivity index (χ4n) is 2.87. The van der Waals surface area contributed by atoms with Crippen molar-refractivity contribution in [3.05, 3.63) is 0 Å². The normalized spacial score (nSPS) is 22.9. The smallest absolute Gasteiger partial charge is 0.0303 e. The Morgan fingerprint density at radius 1 is 1.29 bits per heavy atom. The summed E-state index contributed by atoms with van der Waals surface area (Å²) >= 11 is 0. The average Bonchev–Trinajstić information content (AvgIpc) is 2.36. The van der Waals surface area contributed by atoms with E-state index in [9.17, 15) is 0 Å². The van der Waals surface area contributed by atoms with Crippen LogP contribution in [0, 0.1) is 11.8 Å². The van der Waals surface area contributed by atoms with Gasteiger partial charge in [-0.25, -0.2) is 0 Å². The Kier molecular flexibility index (Phi) is 5.94. The highest BCUT2D eigenvalue weighted by Crippen LogP contribution is 2.29. The fourth-order valence-corrected chi connectivity index (χ4v) is 2.87. The number of hydrogen-bond donors (Lipinski definition) is 1. The van der Waals surface area contributed by atoms with Crippen LogP contribution in [-0.2, 0) is 0 Å². The van der Waals surface area contributed by atoms with Crippen molar-refractivity contribution in [1.29, 1.82) is 0 Å². The van der Waals surface area contributed by atoms with Crippen LogP contribution in [0.15, 0.2) is 0 Å². The van der Waals surface area contributed by atoms with E-state index in [2.05, 4.69) is 32.6 Å². The predicted molar refractivity (Wildman–Crippen MR) is 76.1 cm³/mol. The number of nitrogens with zero attached hydrogens (tertiary/aromatic N) is 1. The van der Waals surface area contributed by atoms with Gasteiger partial charge >= 0.3 is 0 Å². The van der Waals surface area contributed by atoms with Gasteiger partial charge in [-0.2, -0.15) is 0 Å². The quantitative estimate of drug-likeness (QED) is 0.772. The van der Waals surface area contributed by atoms with Crippen molar-refractivity contribution in [2.45, 2.75) is 65.3 Å². The number of likely N-dealkylation sites (tertiary alicyclic amines) is 1. The van der Waals surface area contributed by atoms with Gasteiger partial charge in [-0.05, 0) is 57.5 Å². The van der Waals surface area contributed by atoms with Crippen LogP contribution in [-0.4, -0.2) is 30.1 Å². The highest BCUT2D eigenvalue weighted by atomic mass is 15.2. The maximum Gasteiger partial charge on any atom is 0.0303 e. The lowest BCUT2D eigenvalue weighted by atomic mass is 9.86. The minimum atomic E-state index is 0.239. The Labute approximate surface area is 108 Å². The Morgan fingerprint density at radius 3 is 2.29 bits per heavy atom. The molecule has 1 heterocycles. The SMILES string of the molecule is CCC1CCN(C(C)(CN)CCC(C)C)CC1. The molecule has 0 saturated carbocycles. The number of nitrogens with two attached hydrogens (primary N) is 1. The van der Waals surface area contributed by atoms with E-state index in [-0.39, 0.29) is 5.54 Å². The monoisotopic (exact) mass is 240 g/mol. The summed E-state index contributed by atoms with van der Waals surface area (Å²) in [5.41, 5.74) is 6.29. The molecule has 1 fully saturated rings. The number of hydrogen-bond acceptors (Lipinski definition) is 2. The van der Waals surface area contributed by atoms with Gasteiger partial charge in [0.15, 0.2) is 0 Å². The number of rotatable bonds is 6. The molecule has 0 aliphatic carbocycles. The van der Waals surface area contributed by atoms with E-state index in [1.807, 2.05) is 0 Å². The van der Waals surface area contributed by atoms with Gasteiger partial charge in [-0.1, -0.05) is 27.2 Å². The zero-order chi connectivity index (χ0) is 12.9. The second-order valence-electron chi connectivity index (χ2n) is 6.47. The minimum Gasteiger partial charge on any atom is -0.329 e. The summed E-state index contributed by atoms with van der Waals surface area (Å²) < 4.78 is 0. The van der Waals surface area contributed by atoms with Crippen LogP contribution in [0.4, 0.5) is 0 Å². The molecule has 2 N–H and O–H groups in total. The van der Waals surface area contributed by atoms with E-state index in [1.165, 1.54) is 45.2 Å². The van der Waals surface area contributed by atoms with Crippen molar-refractivity contribution in [3.63, 3.8) is 0 Å². The zero-order valence-electron chi connectivity index (χ0n) is 12.3. The second-order valence-corrected chi connectivity index (χ2v) is 6.47. The summed E-state index contributed by atoms with van der Waals surface area (Å²) in [6, 6.07) is 0. The summed E-state index contributed by atoms with van der Waals surface area (Å²) in [6.07, 6.45) is 6.63. The van der Waals surface area contributed by atoms with Gasteiger partial charge in [0.1, 0.15) is 0 Å². The molecule has 0 spiro atoms. The lowest BCUT2D eigenvalue weighted by molar-refractivity contribution is 0.0564. The van der Waals surface area contributed by atoms with Crippen molar-refractivity contribution in [2.24, 2.45) is 17.6 Å². The molecule has 0 bridgehead atoms. The third kappa shape index (κ3) is 4.26. The van der Waals surface area contributed by atoms with Crippen molar-refractivity contribution in [2.75, 3.05) is 19.6 Å². The first kappa shape index (κ1) is 15.0. The molecule has 2 nitrogen and oxygen atoms in total. The molecule has 2 heteroatoms. The third-order valence-corrected chi connectivity index (χ3v) is 4.66. The first-order chi connectivity index (χ1) is 8.01. The summed E-state index contributed by atoms with van der Waals surface area (Å²) in [5, 5.41) is 0. The summed E-state index contributed by atoms with van der Waals surface area (Å²) in [5.74, 6) is 1.74. The Hall–Kier alpha value is -0.0800. The highest BCUT2D eigenvalue weighted by Gasteiger charge is 2.32. The summed E-state index contributed by atoms with van der Waals surface area (Å²) in [4.78, 5) is 2.65. The molecule has 1 rings (SSSR count). The van der Waals surface area contributed by atoms with E-state index in [1.54, 1.807) is 0 Å². The van der Waals surface area contributed by atoms with Crippen molar-refractivity contribution in [1.82, 2.24) is 4.90 Å². The van der Waals surface area contributed by atoms with Gasteiger partial charge in [-0.3, -0.25) is 4.90 Å². The zero-order valence-corrected chi connectivity index (χ0v) is 12.3. The molecular weight excluding hydrogens is 208 g/mol. The highest BCUT2D eigenvalue weighted by molar-refractivity contribution is 4.90. The average molecular weight is 240 g/mol. The Morgan fingerprint density at radius 2 is 1.88 bits per heavy atom. The molecular formula is C15H32N2. The van der Waals surface area contributed by atoms with E-state index in [0.717, 1.165) is 18.4 Å². The largest absolute Gasteiger partial charge is 0.329 e. The second kappa shape index (κ2) is 6.75. The molecule has 17 heavy (non-hydrogen) atoms. The number of piperidine rings is 1. The van der Waals surface area contributed by atoms with E-state index < -0.39 is 0 Å². The van der Waals surface area contributed by atoms with Crippen molar-refractivity contribution in [3.8, 4) is 0 Å². The van der Waals surface area contributed by atoms with Gasteiger partial charge in [-0.15, -0.1) is 0 Å². The van der Waals surface area contributed by atoms with Crippen LogP contribution in [0.5, 0.6) is 0 Å². The molecule has 102 valence electrons. The minimum absolute atomic E-state index is 0.239. The molecule has 0 radical (unpaired) electrons. The van der Waals surface area contributed by atoms with Crippen LogP contribution < -0.4 is 5.73 Å². The first-order valence-electron chi connectivity index (χ1n) is 7.47.